The van der Waals surface area contributed by atoms with E-state index in [9.17, 15) is 0 Å². The molecule has 1 N–H and O–H groups in total. The topological polar surface area (TPSA) is 37.8 Å². The maximum absolute atomic E-state index is 6.22. The van der Waals surface area contributed by atoms with Crippen molar-refractivity contribution in [2.45, 2.75) is 16.5 Å². The molecule has 88 valence electrons. The third-order valence-electron chi connectivity index (χ3n) is 2.15. The Labute approximate surface area is 110 Å². The van der Waals surface area contributed by atoms with Gasteiger partial charge in [-0.05, 0) is 30.8 Å². The van der Waals surface area contributed by atoms with Crippen LogP contribution in [0.5, 0.6) is 0 Å². The molecule has 0 atom stereocenters. The zero-order chi connectivity index (χ0) is 12.1. The van der Waals surface area contributed by atoms with Crippen molar-refractivity contribution >= 4 is 23.4 Å². The van der Waals surface area contributed by atoms with Gasteiger partial charge in [0, 0.05) is 17.6 Å². The summed E-state index contributed by atoms with van der Waals surface area (Å²) in [7, 11) is 1.91. The Bertz CT molecular complexity index is 490. The predicted molar refractivity (Wildman–Crippen MR) is 70.4 cm³/mol. The summed E-state index contributed by atoms with van der Waals surface area (Å²) in [5.41, 5.74) is 1.17. The van der Waals surface area contributed by atoms with Gasteiger partial charge in [0.15, 0.2) is 0 Å². The van der Waals surface area contributed by atoms with Gasteiger partial charge in [-0.2, -0.15) is 0 Å². The first-order valence-corrected chi connectivity index (χ1v) is 6.36. The molecule has 17 heavy (non-hydrogen) atoms. The maximum atomic E-state index is 6.22. The maximum Gasteiger partial charge on any atom is 0.116 e. The largest absolute Gasteiger partial charge is 0.316 e. The SMILES string of the molecule is CNCc1ccc(Sc2ccncn2)c(Cl)c1. The Morgan fingerprint density at radius 1 is 1.35 bits per heavy atom. The lowest BCUT2D eigenvalue weighted by Gasteiger charge is -2.06. The molecule has 0 radical (unpaired) electrons. The summed E-state index contributed by atoms with van der Waals surface area (Å²) in [4.78, 5) is 9.04. The molecular weight excluding hydrogens is 254 g/mol. The van der Waals surface area contributed by atoms with Gasteiger partial charge < -0.3 is 5.32 Å². The quantitative estimate of drug-likeness (QED) is 0.863. The van der Waals surface area contributed by atoms with Gasteiger partial charge in [-0.15, -0.1) is 0 Å². The van der Waals surface area contributed by atoms with Crippen molar-refractivity contribution in [3.05, 3.63) is 47.4 Å². The minimum absolute atomic E-state index is 0.751. The van der Waals surface area contributed by atoms with Gasteiger partial charge in [-0.1, -0.05) is 29.4 Å². The van der Waals surface area contributed by atoms with E-state index in [1.54, 1.807) is 6.20 Å². The molecule has 0 amide bonds. The molecule has 1 heterocycles. The molecule has 0 bridgehead atoms. The number of hydrogen-bond acceptors (Lipinski definition) is 4. The first-order chi connectivity index (χ1) is 8.29. The minimum Gasteiger partial charge on any atom is -0.316 e. The van der Waals surface area contributed by atoms with Crippen LogP contribution in [-0.4, -0.2) is 17.0 Å². The van der Waals surface area contributed by atoms with Gasteiger partial charge in [0.25, 0.3) is 0 Å². The van der Waals surface area contributed by atoms with E-state index < -0.39 is 0 Å². The van der Waals surface area contributed by atoms with Crippen molar-refractivity contribution in [1.82, 2.24) is 15.3 Å². The summed E-state index contributed by atoms with van der Waals surface area (Å²) in [5.74, 6) is 0. The molecule has 0 spiro atoms. The van der Waals surface area contributed by atoms with Crippen LogP contribution in [0, 0.1) is 0 Å². The lowest BCUT2D eigenvalue weighted by Crippen LogP contribution is -2.04. The highest BCUT2D eigenvalue weighted by Crippen LogP contribution is 2.32. The van der Waals surface area contributed by atoms with Crippen molar-refractivity contribution in [2.75, 3.05) is 7.05 Å². The standard InChI is InChI=1S/C12H12ClN3S/c1-14-7-9-2-3-11(10(13)6-9)17-12-4-5-15-8-16-12/h2-6,8,14H,7H2,1H3. The van der Waals surface area contributed by atoms with Crippen LogP contribution >= 0.6 is 23.4 Å². The molecule has 0 saturated heterocycles. The summed E-state index contributed by atoms with van der Waals surface area (Å²) in [6.07, 6.45) is 3.25. The number of hydrogen-bond donors (Lipinski definition) is 1. The molecule has 1 aromatic carbocycles. The highest BCUT2D eigenvalue weighted by Gasteiger charge is 2.04. The van der Waals surface area contributed by atoms with E-state index in [2.05, 4.69) is 21.4 Å². The number of rotatable bonds is 4. The number of benzene rings is 1. The molecule has 0 saturated carbocycles. The third kappa shape index (κ3) is 3.43. The van der Waals surface area contributed by atoms with Crippen LogP contribution in [0.4, 0.5) is 0 Å². The summed E-state index contributed by atoms with van der Waals surface area (Å²) in [5, 5.41) is 4.74. The second kappa shape index (κ2) is 6.00. The van der Waals surface area contributed by atoms with Gasteiger partial charge in [0.05, 0.1) is 5.02 Å². The van der Waals surface area contributed by atoms with Crippen LogP contribution in [-0.2, 0) is 6.54 Å². The van der Waals surface area contributed by atoms with Crippen LogP contribution in [0.25, 0.3) is 0 Å². The number of halogens is 1. The van der Waals surface area contributed by atoms with Gasteiger partial charge in [-0.3, -0.25) is 0 Å². The number of aromatic nitrogens is 2. The van der Waals surface area contributed by atoms with Crippen molar-refractivity contribution < 1.29 is 0 Å². The molecule has 3 nitrogen and oxygen atoms in total. The van der Waals surface area contributed by atoms with Crippen LogP contribution in [0.2, 0.25) is 5.02 Å². The number of nitrogens with one attached hydrogen (secondary N) is 1. The molecule has 0 unspecified atom stereocenters. The summed E-state index contributed by atoms with van der Waals surface area (Å²) in [6, 6.07) is 7.91. The van der Waals surface area contributed by atoms with Gasteiger partial charge in [-0.25, -0.2) is 9.97 Å². The Balaban J connectivity index is 2.17. The Kier molecular flexibility index (Phi) is 4.36. The van der Waals surface area contributed by atoms with E-state index in [1.165, 1.54) is 23.7 Å². The third-order valence-corrected chi connectivity index (χ3v) is 3.60. The summed E-state index contributed by atoms with van der Waals surface area (Å²) >= 11 is 7.76. The second-order valence-corrected chi connectivity index (χ2v) is 4.91. The first kappa shape index (κ1) is 12.4. The average molecular weight is 266 g/mol. The van der Waals surface area contributed by atoms with E-state index in [-0.39, 0.29) is 0 Å². The molecule has 0 aliphatic rings. The summed E-state index contributed by atoms with van der Waals surface area (Å²) in [6.45, 7) is 0.818. The zero-order valence-electron chi connectivity index (χ0n) is 9.35. The van der Waals surface area contributed by atoms with Crippen LogP contribution in [0.1, 0.15) is 5.56 Å². The van der Waals surface area contributed by atoms with E-state index >= 15 is 0 Å². The van der Waals surface area contributed by atoms with Crippen LogP contribution < -0.4 is 5.32 Å². The first-order valence-electron chi connectivity index (χ1n) is 5.16. The molecular formula is C12H12ClN3S. The zero-order valence-corrected chi connectivity index (χ0v) is 10.9. The van der Waals surface area contributed by atoms with Gasteiger partial charge in [0.1, 0.15) is 11.4 Å². The Hall–Kier alpha value is -1.10. The lowest BCUT2D eigenvalue weighted by atomic mass is 10.2. The Morgan fingerprint density at radius 2 is 2.24 bits per heavy atom. The molecule has 5 heteroatoms. The van der Waals surface area contributed by atoms with Crippen molar-refractivity contribution in [3.8, 4) is 0 Å². The van der Waals surface area contributed by atoms with E-state index in [0.29, 0.717) is 0 Å². The van der Waals surface area contributed by atoms with Gasteiger partial charge in [0.2, 0.25) is 0 Å². The normalized spacial score (nSPS) is 10.5. The van der Waals surface area contributed by atoms with Crippen molar-refractivity contribution in [3.63, 3.8) is 0 Å². The monoisotopic (exact) mass is 265 g/mol. The van der Waals surface area contributed by atoms with Crippen molar-refractivity contribution in [2.24, 2.45) is 0 Å². The number of nitrogens with zero attached hydrogens (tertiary/aromatic N) is 2. The smallest absolute Gasteiger partial charge is 0.116 e. The fourth-order valence-corrected chi connectivity index (χ4v) is 2.46. The van der Waals surface area contributed by atoms with Crippen molar-refractivity contribution in [1.29, 1.82) is 0 Å². The van der Waals surface area contributed by atoms with E-state index in [4.69, 9.17) is 11.6 Å². The fourth-order valence-electron chi connectivity index (χ4n) is 1.39. The van der Waals surface area contributed by atoms with Gasteiger partial charge >= 0.3 is 0 Å². The molecule has 2 aromatic rings. The molecule has 0 aliphatic heterocycles. The Morgan fingerprint density at radius 3 is 2.88 bits per heavy atom. The molecule has 1 aromatic heterocycles. The highest BCUT2D eigenvalue weighted by molar-refractivity contribution is 7.99. The van der Waals surface area contributed by atoms with Crippen LogP contribution in [0.3, 0.4) is 0 Å². The molecule has 2 rings (SSSR count). The molecule has 0 aliphatic carbocycles. The van der Waals surface area contributed by atoms with Crippen LogP contribution in [0.15, 0.2) is 46.7 Å². The van der Waals surface area contributed by atoms with E-state index in [1.807, 2.05) is 25.2 Å². The second-order valence-electron chi connectivity index (χ2n) is 3.44. The fraction of sp³-hybridized carbons (Fsp3) is 0.167. The minimum atomic E-state index is 0.751. The lowest BCUT2D eigenvalue weighted by molar-refractivity contribution is 0.817. The van der Waals surface area contributed by atoms with E-state index in [0.717, 1.165) is 21.5 Å². The average Bonchev–Trinajstić information content (AvgIpc) is 2.34. The highest BCUT2D eigenvalue weighted by atomic mass is 35.5. The molecule has 0 fully saturated rings. The predicted octanol–water partition coefficient (Wildman–Crippen LogP) is 3.00. The summed E-state index contributed by atoms with van der Waals surface area (Å²) < 4.78 is 0.